The summed E-state index contributed by atoms with van der Waals surface area (Å²) in [5.41, 5.74) is 2.84. The third kappa shape index (κ3) is 5.55. The van der Waals surface area contributed by atoms with Crippen LogP contribution in [0, 0.1) is 0 Å². The van der Waals surface area contributed by atoms with Gasteiger partial charge in [0.1, 0.15) is 0 Å². The van der Waals surface area contributed by atoms with Gasteiger partial charge in [-0.2, -0.15) is 5.10 Å². The van der Waals surface area contributed by atoms with Crippen molar-refractivity contribution in [1.29, 1.82) is 0 Å². The van der Waals surface area contributed by atoms with Crippen LogP contribution in [-0.4, -0.2) is 38.3 Å². The number of hydrogen-bond donors (Lipinski definition) is 2. The third-order valence-electron chi connectivity index (χ3n) is 3.03. The van der Waals surface area contributed by atoms with Crippen LogP contribution in [0.25, 0.3) is 0 Å². The largest absolute Gasteiger partial charge is 0.493 e. The van der Waals surface area contributed by atoms with Gasteiger partial charge in [0, 0.05) is 6.04 Å². The topological polar surface area (TPSA) is 89.0 Å². The van der Waals surface area contributed by atoms with Crippen LogP contribution >= 0.6 is 15.9 Å². The van der Waals surface area contributed by atoms with Gasteiger partial charge in [0.25, 0.3) is 0 Å². The number of nitrogens with zero attached hydrogens (tertiary/aromatic N) is 1. The van der Waals surface area contributed by atoms with Gasteiger partial charge in [-0.1, -0.05) is 6.92 Å². The number of nitrogens with one attached hydrogen (secondary N) is 2. The molecule has 0 fully saturated rings. The number of ether oxygens (including phenoxy) is 2. The standard InChI is InChI=1S/C15H20BrN3O4/c1-5-9(2)18-14(20)15(21)19-17-8-10-6-11(16)13(23-4)12(7-10)22-3/h6-9H,5H2,1-4H3,(H,18,20)(H,19,21)/b17-8-/t9-/m0/s1. The Morgan fingerprint density at radius 2 is 2.00 bits per heavy atom. The van der Waals surface area contributed by atoms with E-state index in [1.54, 1.807) is 12.1 Å². The number of rotatable bonds is 6. The first kappa shape index (κ1) is 19.0. The molecule has 2 amide bonds. The smallest absolute Gasteiger partial charge is 0.329 e. The van der Waals surface area contributed by atoms with Gasteiger partial charge in [-0.3, -0.25) is 9.59 Å². The van der Waals surface area contributed by atoms with Crippen molar-refractivity contribution in [3.05, 3.63) is 22.2 Å². The van der Waals surface area contributed by atoms with E-state index >= 15 is 0 Å². The maximum Gasteiger partial charge on any atom is 0.329 e. The maximum atomic E-state index is 11.6. The average molecular weight is 386 g/mol. The average Bonchev–Trinajstić information content (AvgIpc) is 2.53. The molecule has 0 saturated carbocycles. The van der Waals surface area contributed by atoms with Gasteiger partial charge < -0.3 is 14.8 Å². The Balaban J connectivity index is 2.73. The number of hydrazone groups is 1. The molecule has 2 N–H and O–H groups in total. The summed E-state index contributed by atoms with van der Waals surface area (Å²) in [6.45, 7) is 3.73. The van der Waals surface area contributed by atoms with Crippen molar-refractivity contribution in [2.45, 2.75) is 26.3 Å². The molecule has 1 aromatic rings. The second kappa shape index (κ2) is 9.14. The van der Waals surface area contributed by atoms with Crippen LogP contribution in [-0.2, 0) is 9.59 Å². The van der Waals surface area contributed by atoms with E-state index in [-0.39, 0.29) is 6.04 Å². The zero-order valence-corrected chi connectivity index (χ0v) is 15.1. The molecular formula is C15H20BrN3O4. The second-order valence-electron chi connectivity index (χ2n) is 4.72. The summed E-state index contributed by atoms with van der Waals surface area (Å²) in [6.07, 6.45) is 2.14. The van der Waals surface area contributed by atoms with Crippen LogP contribution in [0.15, 0.2) is 21.7 Å². The van der Waals surface area contributed by atoms with Gasteiger partial charge in [0.2, 0.25) is 0 Å². The molecule has 7 nitrogen and oxygen atoms in total. The number of hydrogen-bond acceptors (Lipinski definition) is 5. The molecule has 1 rings (SSSR count). The normalized spacial score (nSPS) is 11.9. The van der Waals surface area contributed by atoms with Crippen molar-refractivity contribution in [2.75, 3.05) is 14.2 Å². The maximum absolute atomic E-state index is 11.6. The van der Waals surface area contributed by atoms with Crippen molar-refractivity contribution in [3.63, 3.8) is 0 Å². The minimum absolute atomic E-state index is 0.0703. The van der Waals surface area contributed by atoms with E-state index in [1.807, 2.05) is 13.8 Å². The number of methoxy groups -OCH3 is 2. The predicted molar refractivity (Wildman–Crippen MR) is 90.9 cm³/mol. The predicted octanol–water partition coefficient (Wildman–Crippen LogP) is 1.83. The molecule has 8 heteroatoms. The molecule has 0 radical (unpaired) electrons. The number of halogens is 1. The lowest BCUT2D eigenvalue weighted by molar-refractivity contribution is -0.139. The summed E-state index contributed by atoms with van der Waals surface area (Å²) in [6, 6.07) is 3.37. The third-order valence-corrected chi connectivity index (χ3v) is 3.62. The summed E-state index contributed by atoms with van der Waals surface area (Å²) in [7, 11) is 3.05. The minimum Gasteiger partial charge on any atom is -0.493 e. The lowest BCUT2D eigenvalue weighted by Gasteiger charge is -2.10. The Hall–Kier alpha value is -2.09. The Morgan fingerprint density at radius 3 is 2.57 bits per heavy atom. The van der Waals surface area contributed by atoms with Crippen LogP contribution in [0.4, 0.5) is 0 Å². The zero-order valence-electron chi connectivity index (χ0n) is 13.5. The van der Waals surface area contributed by atoms with E-state index in [0.29, 0.717) is 21.5 Å². The molecule has 0 unspecified atom stereocenters. The number of benzene rings is 1. The quantitative estimate of drug-likeness (QED) is 0.444. The number of amides is 2. The van der Waals surface area contributed by atoms with Crippen LogP contribution < -0.4 is 20.2 Å². The van der Waals surface area contributed by atoms with Crippen LogP contribution in [0.5, 0.6) is 11.5 Å². The number of carbonyl (C=O) groups is 2. The van der Waals surface area contributed by atoms with Crippen LogP contribution in [0.2, 0.25) is 0 Å². The van der Waals surface area contributed by atoms with E-state index in [9.17, 15) is 9.59 Å². The van der Waals surface area contributed by atoms with E-state index in [2.05, 4.69) is 31.8 Å². The molecule has 0 heterocycles. The highest BCUT2D eigenvalue weighted by molar-refractivity contribution is 9.10. The molecule has 0 bridgehead atoms. The Bertz CT molecular complexity index is 605. The fourth-order valence-corrected chi connectivity index (χ4v) is 2.24. The van der Waals surface area contributed by atoms with Crippen molar-refractivity contribution in [3.8, 4) is 11.5 Å². The molecule has 1 aromatic carbocycles. The summed E-state index contributed by atoms with van der Waals surface area (Å²) in [5.74, 6) is -0.461. The lowest BCUT2D eigenvalue weighted by atomic mass is 10.2. The summed E-state index contributed by atoms with van der Waals surface area (Å²) in [4.78, 5) is 23.1. The zero-order chi connectivity index (χ0) is 17.4. The molecule has 0 aliphatic carbocycles. The van der Waals surface area contributed by atoms with Gasteiger partial charge in [-0.15, -0.1) is 0 Å². The summed E-state index contributed by atoms with van der Waals surface area (Å²) >= 11 is 3.36. The molecule has 1 atom stereocenters. The van der Waals surface area contributed by atoms with Gasteiger partial charge >= 0.3 is 11.8 Å². The highest BCUT2D eigenvalue weighted by Crippen LogP contribution is 2.35. The van der Waals surface area contributed by atoms with E-state index < -0.39 is 11.8 Å². The minimum atomic E-state index is -0.818. The summed E-state index contributed by atoms with van der Waals surface area (Å²) < 4.78 is 11.1. The SMILES string of the molecule is CC[C@H](C)NC(=O)C(=O)N/N=C\c1cc(Br)c(OC)c(OC)c1. The van der Waals surface area contributed by atoms with Gasteiger partial charge in [-0.25, -0.2) is 5.43 Å². The van der Waals surface area contributed by atoms with Crippen LogP contribution in [0.3, 0.4) is 0 Å². The van der Waals surface area contributed by atoms with E-state index in [0.717, 1.165) is 6.42 Å². The first-order valence-electron chi connectivity index (χ1n) is 6.98. The molecular weight excluding hydrogens is 366 g/mol. The Morgan fingerprint density at radius 1 is 1.30 bits per heavy atom. The number of carbonyl (C=O) groups excluding carboxylic acids is 2. The first-order valence-corrected chi connectivity index (χ1v) is 7.77. The Labute approximate surface area is 143 Å². The first-order chi connectivity index (χ1) is 10.9. The highest BCUT2D eigenvalue weighted by atomic mass is 79.9. The molecule has 126 valence electrons. The fourth-order valence-electron chi connectivity index (χ4n) is 1.62. The molecule has 0 aliphatic heterocycles. The van der Waals surface area contributed by atoms with Gasteiger partial charge in [0.15, 0.2) is 11.5 Å². The molecule has 0 aliphatic rings. The molecule has 0 saturated heterocycles. The van der Waals surface area contributed by atoms with E-state index in [4.69, 9.17) is 9.47 Å². The van der Waals surface area contributed by atoms with Crippen molar-refractivity contribution in [1.82, 2.24) is 10.7 Å². The highest BCUT2D eigenvalue weighted by Gasteiger charge is 2.14. The van der Waals surface area contributed by atoms with Crippen LogP contribution in [0.1, 0.15) is 25.8 Å². The molecule has 0 spiro atoms. The monoisotopic (exact) mass is 385 g/mol. The van der Waals surface area contributed by atoms with Crippen molar-refractivity contribution in [2.24, 2.45) is 5.10 Å². The van der Waals surface area contributed by atoms with Gasteiger partial charge in [-0.05, 0) is 47.0 Å². The lowest BCUT2D eigenvalue weighted by Crippen LogP contribution is -2.41. The Kier molecular flexibility index (Phi) is 7.53. The van der Waals surface area contributed by atoms with Gasteiger partial charge in [0.05, 0.1) is 24.9 Å². The van der Waals surface area contributed by atoms with Crippen molar-refractivity contribution >= 4 is 34.0 Å². The second-order valence-corrected chi connectivity index (χ2v) is 5.57. The fraction of sp³-hybridized carbons (Fsp3) is 0.400. The summed E-state index contributed by atoms with van der Waals surface area (Å²) in [5, 5.41) is 6.32. The van der Waals surface area contributed by atoms with E-state index in [1.165, 1.54) is 20.4 Å². The molecule has 23 heavy (non-hydrogen) atoms. The van der Waals surface area contributed by atoms with Crippen molar-refractivity contribution < 1.29 is 19.1 Å². The molecule has 0 aromatic heterocycles.